The molecule has 1 amide bonds. The smallest absolute Gasteiger partial charge is 0.251 e. The van der Waals surface area contributed by atoms with Crippen LogP contribution in [0.3, 0.4) is 0 Å². The van der Waals surface area contributed by atoms with Crippen molar-refractivity contribution in [3.8, 4) is 0 Å². The van der Waals surface area contributed by atoms with Crippen LogP contribution in [0, 0.1) is 6.92 Å². The highest BCUT2D eigenvalue weighted by Crippen LogP contribution is 2.18. The topological polar surface area (TPSA) is 58.4 Å². The van der Waals surface area contributed by atoms with Gasteiger partial charge in [0.15, 0.2) is 0 Å². The first kappa shape index (κ1) is 16.4. The fourth-order valence-electron chi connectivity index (χ4n) is 1.82. The van der Waals surface area contributed by atoms with Crippen molar-refractivity contribution in [3.63, 3.8) is 0 Å². The Bertz CT molecular complexity index is 452. The Balaban J connectivity index is 2.35. The molecular weight excluding hydrogens is 264 g/mol. The second-order valence-electron chi connectivity index (χ2n) is 4.88. The summed E-state index contributed by atoms with van der Waals surface area (Å²) in [5.41, 5.74) is 7.87. The molecule has 0 atom stereocenters. The number of halogens is 2. The maximum absolute atomic E-state index is 12.1. The van der Waals surface area contributed by atoms with Gasteiger partial charge in [-0.25, -0.2) is 8.78 Å². The number of aryl methyl sites for hydroxylation is 1. The molecule has 1 aromatic carbocycles. The number of anilines is 2. The van der Waals surface area contributed by atoms with Gasteiger partial charge in [-0.05, 0) is 44.6 Å². The first-order chi connectivity index (χ1) is 9.38. The molecule has 0 unspecified atom stereocenters. The second kappa shape index (κ2) is 7.79. The summed E-state index contributed by atoms with van der Waals surface area (Å²) in [6, 6.07) is 5.31. The zero-order chi connectivity index (χ0) is 15.1. The molecule has 0 fully saturated rings. The molecule has 0 heterocycles. The minimum absolute atomic E-state index is 0.135. The number of hydrogen-bond donors (Lipinski definition) is 2. The number of nitrogens with zero attached hydrogens (tertiary/aromatic N) is 1. The standard InChI is InChI=1S/C14H21F2N3O/c1-10-5-6-11(17)8-12(10)18-14(20)4-3-7-19(2)9-13(15)16/h5-6,8,13H,3-4,7,9,17H2,1-2H3,(H,18,20). The normalized spacial score (nSPS) is 11.1. The van der Waals surface area contributed by atoms with E-state index in [9.17, 15) is 13.6 Å². The molecule has 0 saturated carbocycles. The van der Waals surface area contributed by atoms with Gasteiger partial charge < -0.3 is 16.0 Å². The number of carbonyl (C=O) groups is 1. The SMILES string of the molecule is Cc1ccc(N)cc1NC(=O)CCCN(C)CC(F)F. The summed E-state index contributed by atoms with van der Waals surface area (Å²) in [6.45, 7) is 2.08. The minimum atomic E-state index is -2.34. The van der Waals surface area contributed by atoms with Crippen LogP contribution >= 0.6 is 0 Å². The summed E-state index contributed by atoms with van der Waals surface area (Å²) in [7, 11) is 1.62. The van der Waals surface area contributed by atoms with Gasteiger partial charge in [0, 0.05) is 17.8 Å². The molecule has 0 aliphatic rings. The van der Waals surface area contributed by atoms with Crippen LogP contribution in [0.2, 0.25) is 0 Å². The zero-order valence-corrected chi connectivity index (χ0v) is 11.8. The Labute approximate surface area is 117 Å². The maximum Gasteiger partial charge on any atom is 0.251 e. The summed E-state index contributed by atoms with van der Waals surface area (Å²) in [4.78, 5) is 13.3. The molecule has 0 saturated heterocycles. The van der Waals surface area contributed by atoms with Crippen LogP contribution in [0.4, 0.5) is 20.2 Å². The van der Waals surface area contributed by atoms with E-state index in [4.69, 9.17) is 5.73 Å². The van der Waals surface area contributed by atoms with Crippen molar-refractivity contribution in [2.24, 2.45) is 0 Å². The van der Waals surface area contributed by atoms with E-state index in [0.717, 1.165) is 5.56 Å². The highest BCUT2D eigenvalue weighted by molar-refractivity contribution is 5.91. The zero-order valence-electron chi connectivity index (χ0n) is 11.8. The van der Waals surface area contributed by atoms with E-state index >= 15 is 0 Å². The molecule has 4 nitrogen and oxygen atoms in total. The van der Waals surface area contributed by atoms with E-state index < -0.39 is 6.43 Å². The Hall–Kier alpha value is -1.69. The first-order valence-electron chi connectivity index (χ1n) is 6.51. The van der Waals surface area contributed by atoms with Gasteiger partial charge in [0.1, 0.15) is 0 Å². The molecule has 0 spiro atoms. The molecule has 0 bridgehead atoms. The molecule has 112 valence electrons. The lowest BCUT2D eigenvalue weighted by Gasteiger charge is -2.15. The monoisotopic (exact) mass is 285 g/mol. The van der Waals surface area contributed by atoms with Gasteiger partial charge in [0.05, 0.1) is 6.54 Å². The van der Waals surface area contributed by atoms with E-state index in [1.165, 1.54) is 4.90 Å². The highest BCUT2D eigenvalue weighted by atomic mass is 19.3. The predicted molar refractivity (Wildman–Crippen MR) is 77.0 cm³/mol. The third-order valence-corrected chi connectivity index (χ3v) is 2.93. The number of benzene rings is 1. The van der Waals surface area contributed by atoms with E-state index in [1.54, 1.807) is 19.2 Å². The molecule has 0 radical (unpaired) electrons. The highest BCUT2D eigenvalue weighted by Gasteiger charge is 2.09. The largest absolute Gasteiger partial charge is 0.399 e. The van der Waals surface area contributed by atoms with Crippen molar-refractivity contribution >= 4 is 17.3 Å². The van der Waals surface area contributed by atoms with E-state index in [-0.39, 0.29) is 12.5 Å². The molecule has 0 aromatic heterocycles. The number of amides is 1. The third-order valence-electron chi connectivity index (χ3n) is 2.93. The molecule has 3 N–H and O–H groups in total. The predicted octanol–water partition coefficient (Wildman–Crippen LogP) is 2.49. The van der Waals surface area contributed by atoms with Crippen molar-refractivity contribution in [1.29, 1.82) is 0 Å². The summed E-state index contributed by atoms with van der Waals surface area (Å²) in [5.74, 6) is -0.135. The number of carbonyl (C=O) groups excluding carboxylic acids is 1. The van der Waals surface area contributed by atoms with Crippen molar-refractivity contribution in [2.45, 2.75) is 26.2 Å². The van der Waals surface area contributed by atoms with Crippen molar-refractivity contribution in [2.75, 3.05) is 31.2 Å². The van der Waals surface area contributed by atoms with Crippen molar-refractivity contribution in [1.82, 2.24) is 4.90 Å². The van der Waals surface area contributed by atoms with Gasteiger partial charge >= 0.3 is 0 Å². The lowest BCUT2D eigenvalue weighted by atomic mass is 10.1. The number of nitrogen functional groups attached to an aromatic ring is 1. The van der Waals surface area contributed by atoms with Crippen LogP contribution in [-0.4, -0.2) is 37.4 Å². The average Bonchev–Trinajstić information content (AvgIpc) is 2.33. The lowest BCUT2D eigenvalue weighted by molar-refractivity contribution is -0.116. The molecule has 1 aromatic rings. The molecule has 6 heteroatoms. The van der Waals surface area contributed by atoms with Gasteiger partial charge in [0.25, 0.3) is 6.43 Å². The van der Waals surface area contributed by atoms with Crippen LogP contribution in [0.5, 0.6) is 0 Å². The average molecular weight is 285 g/mol. The molecule has 20 heavy (non-hydrogen) atoms. The first-order valence-corrected chi connectivity index (χ1v) is 6.51. The van der Waals surface area contributed by atoms with Gasteiger partial charge in [-0.1, -0.05) is 6.07 Å². The van der Waals surface area contributed by atoms with Gasteiger partial charge in [-0.2, -0.15) is 0 Å². The fraction of sp³-hybridized carbons (Fsp3) is 0.500. The van der Waals surface area contributed by atoms with Crippen LogP contribution in [0.25, 0.3) is 0 Å². The Kier molecular flexibility index (Phi) is 6.38. The Morgan fingerprint density at radius 3 is 2.80 bits per heavy atom. The summed E-state index contributed by atoms with van der Waals surface area (Å²) < 4.78 is 24.2. The lowest BCUT2D eigenvalue weighted by Crippen LogP contribution is -2.26. The van der Waals surface area contributed by atoms with Crippen molar-refractivity contribution in [3.05, 3.63) is 23.8 Å². The van der Waals surface area contributed by atoms with Crippen LogP contribution in [0.15, 0.2) is 18.2 Å². The van der Waals surface area contributed by atoms with E-state index in [2.05, 4.69) is 5.32 Å². The van der Waals surface area contributed by atoms with Gasteiger partial charge in [-0.15, -0.1) is 0 Å². The van der Waals surface area contributed by atoms with Gasteiger partial charge in [0.2, 0.25) is 5.91 Å². The summed E-state index contributed by atoms with van der Waals surface area (Å²) in [6.07, 6.45) is -1.51. The van der Waals surface area contributed by atoms with E-state index in [1.807, 2.05) is 13.0 Å². The number of nitrogens with two attached hydrogens (primary N) is 1. The third kappa shape index (κ3) is 5.97. The molecule has 0 aliphatic heterocycles. The maximum atomic E-state index is 12.1. The summed E-state index contributed by atoms with van der Waals surface area (Å²) >= 11 is 0. The molecule has 1 rings (SSSR count). The molecular formula is C14H21F2N3O. The second-order valence-corrected chi connectivity index (χ2v) is 4.88. The van der Waals surface area contributed by atoms with Crippen molar-refractivity contribution < 1.29 is 13.6 Å². The number of rotatable bonds is 7. The number of nitrogens with one attached hydrogen (secondary N) is 1. The summed E-state index contributed by atoms with van der Waals surface area (Å²) in [5, 5.41) is 2.78. The molecule has 0 aliphatic carbocycles. The van der Waals surface area contributed by atoms with Gasteiger partial charge in [-0.3, -0.25) is 4.79 Å². The Morgan fingerprint density at radius 2 is 2.15 bits per heavy atom. The number of hydrogen-bond acceptors (Lipinski definition) is 3. The Morgan fingerprint density at radius 1 is 1.45 bits per heavy atom. The fourth-order valence-corrected chi connectivity index (χ4v) is 1.82. The quantitative estimate of drug-likeness (QED) is 0.757. The van der Waals surface area contributed by atoms with Crippen LogP contribution < -0.4 is 11.1 Å². The van der Waals surface area contributed by atoms with E-state index in [0.29, 0.717) is 30.8 Å². The minimum Gasteiger partial charge on any atom is -0.399 e. The number of alkyl halides is 2. The van der Waals surface area contributed by atoms with Crippen LogP contribution in [-0.2, 0) is 4.79 Å². The van der Waals surface area contributed by atoms with Crippen LogP contribution in [0.1, 0.15) is 18.4 Å².